The van der Waals surface area contributed by atoms with Gasteiger partial charge in [0, 0.05) is 38.3 Å². The van der Waals surface area contributed by atoms with Crippen LogP contribution in [0, 0.1) is 5.82 Å². The molecule has 3 amide bonds. The topological polar surface area (TPSA) is 61.9 Å². The van der Waals surface area contributed by atoms with Crippen molar-refractivity contribution in [1.82, 2.24) is 15.1 Å². The first kappa shape index (κ1) is 18.0. The van der Waals surface area contributed by atoms with Gasteiger partial charge in [0.15, 0.2) is 0 Å². The lowest BCUT2D eigenvalue weighted by atomic mass is 10.1. The molecule has 0 saturated carbocycles. The summed E-state index contributed by atoms with van der Waals surface area (Å²) in [6, 6.07) is 4.07. The van der Waals surface area contributed by atoms with Crippen LogP contribution in [-0.2, 0) is 11.2 Å². The molecule has 2 rings (SSSR count). The van der Waals surface area contributed by atoms with Crippen LogP contribution in [0.2, 0.25) is 0 Å². The van der Waals surface area contributed by atoms with E-state index in [9.17, 15) is 14.0 Å². The number of benzene rings is 1. The highest BCUT2D eigenvalue weighted by atomic mass is 19.1. The smallest absolute Gasteiger partial charge is 0.317 e. The maximum Gasteiger partial charge on any atom is 0.317 e. The fourth-order valence-electron chi connectivity index (χ4n) is 2.66. The van der Waals surface area contributed by atoms with Gasteiger partial charge < -0.3 is 19.9 Å². The van der Waals surface area contributed by atoms with Gasteiger partial charge in [-0.1, -0.05) is 6.92 Å². The first-order valence-electron chi connectivity index (χ1n) is 8.18. The third-order valence-electron chi connectivity index (χ3n) is 4.03. The molecule has 1 fully saturated rings. The van der Waals surface area contributed by atoms with Crippen molar-refractivity contribution in [1.29, 1.82) is 0 Å². The summed E-state index contributed by atoms with van der Waals surface area (Å²) in [5.41, 5.74) is 0.533. The highest BCUT2D eigenvalue weighted by Gasteiger charge is 2.24. The van der Waals surface area contributed by atoms with Crippen LogP contribution in [-0.4, -0.2) is 61.6 Å². The van der Waals surface area contributed by atoms with Crippen molar-refractivity contribution in [2.45, 2.75) is 19.8 Å². The largest absolute Gasteiger partial charge is 0.496 e. The Hall–Kier alpha value is -2.31. The predicted molar refractivity (Wildman–Crippen MR) is 88.5 cm³/mol. The number of carbonyl (C=O) groups excluding carboxylic acids is 2. The van der Waals surface area contributed by atoms with Crippen LogP contribution in [0.4, 0.5) is 9.18 Å². The van der Waals surface area contributed by atoms with E-state index in [1.54, 1.807) is 9.80 Å². The number of amides is 3. The molecule has 1 aromatic carbocycles. The summed E-state index contributed by atoms with van der Waals surface area (Å²) in [6.07, 6.45) is 0.975. The summed E-state index contributed by atoms with van der Waals surface area (Å²) in [5, 5.41) is 2.83. The monoisotopic (exact) mass is 337 g/mol. The van der Waals surface area contributed by atoms with E-state index < -0.39 is 5.82 Å². The van der Waals surface area contributed by atoms with Crippen LogP contribution in [0.25, 0.3) is 0 Å². The summed E-state index contributed by atoms with van der Waals surface area (Å²) < 4.78 is 18.6. The van der Waals surface area contributed by atoms with Gasteiger partial charge in [0.2, 0.25) is 5.91 Å². The number of nitrogens with one attached hydrogen (secondary N) is 1. The van der Waals surface area contributed by atoms with E-state index >= 15 is 0 Å². The van der Waals surface area contributed by atoms with E-state index in [4.69, 9.17) is 4.74 Å². The molecule has 0 bridgehead atoms. The molecular weight excluding hydrogens is 313 g/mol. The minimum Gasteiger partial charge on any atom is -0.496 e. The zero-order chi connectivity index (χ0) is 17.5. The Morgan fingerprint density at radius 1 is 1.21 bits per heavy atom. The third kappa shape index (κ3) is 4.59. The standard InChI is InChI=1S/C17H24FN3O3/c1-3-6-19-17(23)21-9-7-20(8-10-21)16(22)12-13-11-14(18)4-5-15(13)24-2/h4-5,11H,3,6-10,12H2,1-2H3,(H,19,23). The van der Waals surface area contributed by atoms with E-state index in [0.717, 1.165) is 6.42 Å². The summed E-state index contributed by atoms with van der Waals surface area (Å²) in [6.45, 7) is 4.62. The highest BCUT2D eigenvalue weighted by Crippen LogP contribution is 2.20. The molecule has 7 heteroatoms. The molecular formula is C17H24FN3O3. The van der Waals surface area contributed by atoms with Crippen LogP contribution in [0.5, 0.6) is 5.75 Å². The number of hydrogen-bond acceptors (Lipinski definition) is 3. The number of methoxy groups -OCH3 is 1. The molecule has 0 radical (unpaired) electrons. The van der Waals surface area contributed by atoms with E-state index in [-0.39, 0.29) is 18.4 Å². The lowest BCUT2D eigenvalue weighted by Gasteiger charge is -2.34. The van der Waals surface area contributed by atoms with Gasteiger partial charge in [0.05, 0.1) is 13.5 Å². The number of rotatable bonds is 5. The molecule has 0 spiro atoms. The first-order valence-corrected chi connectivity index (χ1v) is 8.18. The predicted octanol–water partition coefficient (Wildman–Crippen LogP) is 1.64. The molecule has 0 aliphatic carbocycles. The Bertz CT molecular complexity index is 586. The van der Waals surface area contributed by atoms with Gasteiger partial charge in [-0.15, -0.1) is 0 Å². The molecule has 24 heavy (non-hydrogen) atoms. The quantitative estimate of drug-likeness (QED) is 0.888. The Labute approximate surface area is 141 Å². The number of carbonyl (C=O) groups is 2. The second-order valence-electron chi connectivity index (χ2n) is 5.73. The van der Waals surface area contributed by atoms with Crippen molar-refractivity contribution in [2.24, 2.45) is 0 Å². The van der Waals surface area contributed by atoms with Crippen molar-refractivity contribution in [3.63, 3.8) is 0 Å². The number of hydrogen-bond donors (Lipinski definition) is 1. The summed E-state index contributed by atoms with van der Waals surface area (Å²) >= 11 is 0. The lowest BCUT2D eigenvalue weighted by Crippen LogP contribution is -2.53. The van der Waals surface area contributed by atoms with E-state index in [1.807, 2.05) is 6.92 Å². The first-order chi connectivity index (χ1) is 11.5. The third-order valence-corrected chi connectivity index (χ3v) is 4.03. The fraction of sp³-hybridized carbons (Fsp3) is 0.529. The van der Waals surface area contributed by atoms with Crippen molar-refractivity contribution in [3.8, 4) is 5.75 Å². The van der Waals surface area contributed by atoms with E-state index in [2.05, 4.69) is 5.32 Å². The second-order valence-corrected chi connectivity index (χ2v) is 5.73. The van der Waals surface area contributed by atoms with Gasteiger partial charge in [-0.05, 0) is 24.6 Å². The van der Waals surface area contributed by atoms with Crippen LogP contribution in [0.15, 0.2) is 18.2 Å². The van der Waals surface area contributed by atoms with Crippen LogP contribution in [0.1, 0.15) is 18.9 Å². The number of urea groups is 1. The number of ether oxygens (including phenoxy) is 1. The average Bonchev–Trinajstić information content (AvgIpc) is 2.60. The SMILES string of the molecule is CCCNC(=O)N1CCN(C(=O)Cc2cc(F)ccc2OC)CC1. The van der Waals surface area contributed by atoms with Crippen molar-refractivity contribution >= 4 is 11.9 Å². The van der Waals surface area contributed by atoms with Crippen molar-refractivity contribution < 1.29 is 18.7 Å². The van der Waals surface area contributed by atoms with Crippen molar-refractivity contribution in [2.75, 3.05) is 39.8 Å². The summed E-state index contributed by atoms with van der Waals surface area (Å²) in [7, 11) is 1.49. The summed E-state index contributed by atoms with van der Waals surface area (Å²) in [5.74, 6) is 0.0193. The van der Waals surface area contributed by atoms with Gasteiger partial charge >= 0.3 is 6.03 Å². The molecule has 1 saturated heterocycles. The Balaban J connectivity index is 1.89. The van der Waals surface area contributed by atoms with Crippen LogP contribution < -0.4 is 10.1 Å². The molecule has 6 nitrogen and oxygen atoms in total. The lowest BCUT2D eigenvalue weighted by molar-refractivity contribution is -0.131. The molecule has 1 aromatic rings. The Morgan fingerprint density at radius 3 is 2.50 bits per heavy atom. The minimum atomic E-state index is -0.393. The molecule has 1 aliphatic rings. The molecule has 0 atom stereocenters. The zero-order valence-electron chi connectivity index (χ0n) is 14.2. The zero-order valence-corrected chi connectivity index (χ0v) is 14.2. The number of piperazine rings is 1. The minimum absolute atomic E-state index is 0.0863. The number of halogens is 1. The maximum atomic E-state index is 13.4. The van der Waals surface area contributed by atoms with Gasteiger partial charge in [-0.3, -0.25) is 4.79 Å². The van der Waals surface area contributed by atoms with Gasteiger partial charge in [-0.2, -0.15) is 0 Å². The highest BCUT2D eigenvalue weighted by molar-refractivity contribution is 5.80. The summed E-state index contributed by atoms with van der Waals surface area (Å²) in [4.78, 5) is 27.7. The van der Waals surface area contributed by atoms with Crippen LogP contribution >= 0.6 is 0 Å². The van der Waals surface area contributed by atoms with Crippen molar-refractivity contribution in [3.05, 3.63) is 29.6 Å². The molecule has 0 aromatic heterocycles. The number of nitrogens with zero attached hydrogens (tertiary/aromatic N) is 2. The molecule has 132 valence electrons. The van der Waals surface area contributed by atoms with Crippen LogP contribution in [0.3, 0.4) is 0 Å². The van der Waals surface area contributed by atoms with Gasteiger partial charge in [0.1, 0.15) is 11.6 Å². The normalized spacial score (nSPS) is 14.5. The van der Waals surface area contributed by atoms with E-state index in [1.165, 1.54) is 25.3 Å². The molecule has 1 heterocycles. The van der Waals surface area contributed by atoms with Gasteiger partial charge in [0.25, 0.3) is 0 Å². The molecule has 1 N–H and O–H groups in total. The molecule has 1 aliphatic heterocycles. The Morgan fingerprint density at radius 2 is 1.88 bits per heavy atom. The van der Waals surface area contributed by atoms with Gasteiger partial charge in [-0.25, -0.2) is 9.18 Å². The molecule has 0 unspecified atom stereocenters. The second kappa shape index (κ2) is 8.52. The Kier molecular flexibility index (Phi) is 6.40. The van der Waals surface area contributed by atoms with E-state index in [0.29, 0.717) is 44.0 Å². The maximum absolute atomic E-state index is 13.4. The fourth-order valence-corrected chi connectivity index (χ4v) is 2.66. The average molecular weight is 337 g/mol.